The minimum absolute atomic E-state index is 0.0722. The third kappa shape index (κ3) is 4.82. The molecule has 2 rings (SSSR count). The van der Waals surface area contributed by atoms with Gasteiger partial charge in [0.1, 0.15) is 5.60 Å². The van der Waals surface area contributed by atoms with Gasteiger partial charge in [0.05, 0.1) is 6.04 Å². The number of ether oxygens (including phenoxy) is 1. The molecule has 1 aliphatic carbocycles. The molecule has 112 valence electrons. The molecule has 0 aliphatic heterocycles. The van der Waals surface area contributed by atoms with Crippen molar-refractivity contribution in [3.8, 4) is 0 Å². The van der Waals surface area contributed by atoms with E-state index in [1.54, 1.807) is 0 Å². The Morgan fingerprint density at radius 2 is 2.00 bits per heavy atom. The first kappa shape index (κ1) is 17.0. The molecule has 0 fully saturated rings. The summed E-state index contributed by atoms with van der Waals surface area (Å²) in [6.45, 7) is 9.60. The molecule has 4 heteroatoms. The molecule has 1 N–H and O–H groups in total. The highest BCUT2D eigenvalue weighted by molar-refractivity contribution is 9.10. The van der Waals surface area contributed by atoms with Gasteiger partial charge in [-0.2, -0.15) is 0 Å². The minimum atomic E-state index is -0.453. The first-order valence-corrected chi connectivity index (χ1v) is 7.92. The van der Waals surface area contributed by atoms with Gasteiger partial charge < -0.3 is 10.1 Å². The van der Waals surface area contributed by atoms with Gasteiger partial charge in [0, 0.05) is 4.47 Å². The van der Waals surface area contributed by atoms with Crippen LogP contribution in [-0.2, 0) is 11.2 Å². The molecular formula is C16H24BrNO2. The van der Waals surface area contributed by atoms with Crippen LogP contribution < -0.4 is 5.32 Å². The Labute approximate surface area is 130 Å². The quantitative estimate of drug-likeness (QED) is 0.781. The van der Waals surface area contributed by atoms with Crippen molar-refractivity contribution in [2.24, 2.45) is 0 Å². The minimum Gasteiger partial charge on any atom is -0.444 e. The van der Waals surface area contributed by atoms with Gasteiger partial charge in [0.2, 0.25) is 0 Å². The molecule has 1 amide bonds. The molecule has 0 spiro atoms. The van der Waals surface area contributed by atoms with Gasteiger partial charge in [0.25, 0.3) is 0 Å². The van der Waals surface area contributed by atoms with Crippen molar-refractivity contribution < 1.29 is 9.53 Å². The molecule has 1 unspecified atom stereocenters. The maximum Gasteiger partial charge on any atom is 0.408 e. The van der Waals surface area contributed by atoms with Gasteiger partial charge in [-0.05, 0) is 56.9 Å². The Hall–Kier alpha value is -1.03. The van der Waals surface area contributed by atoms with E-state index >= 15 is 0 Å². The Kier molecular flexibility index (Phi) is 6.06. The van der Waals surface area contributed by atoms with Crippen molar-refractivity contribution in [3.63, 3.8) is 0 Å². The monoisotopic (exact) mass is 341 g/mol. The first-order valence-electron chi connectivity index (χ1n) is 7.13. The summed E-state index contributed by atoms with van der Waals surface area (Å²) >= 11 is 3.46. The number of carbonyl (C=O) groups is 1. The molecule has 0 radical (unpaired) electrons. The van der Waals surface area contributed by atoms with E-state index in [4.69, 9.17) is 4.74 Å². The molecular weight excluding hydrogens is 318 g/mol. The fourth-order valence-electron chi connectivity index (χ4n) is 2.19. The number of halogens is 1. The van der Waals surface area contributed by atoms with Crippen LogP contribution in [0.3, 0.4) is 0 Å². The summed E-state index contributed by atoms with van der Waals surface area (Å²) in [5.41, 5.74) is 2.04. The zero-order chi connectivity index (χ0) is 15.3. The van der Waals surface area contributed by atoms with E-state index < -0.39 is 5.60 Å². The van der Waals surface area contributed by atoms with Crippen molar-refractivity contribution >= 4 is 22.0 Å². The number of aryl methyl sites for hydroxylation is 1. The topological polar surface area (TPSA) is 38.3 Å². The summed E-state index contributed by atoms with van der Waals surface area (Å²) in [6.07, 6.45) is 1.59. The van der Waals surface area contributed by atoms with E-state index in [9.17, 15) is 4.79 Å². The third-order valence-corrected chi connectivity index (χ3v) is 3.37. The number of rotatable bonds is 1. The lowest BCUT2D eigenvalue weighted by molar-refractivity contribution is 0.0503. The van der Waals surface area contributed by atoms with Crippen LogP contribution in [0, 0.1) is 0 Å². The van der Waals surface area contributed by atoms with E-state index in [2.05, 4.69) is 33.4 Å². The van der Waals surface area contributed by atoms with Gasteiger partial charge in [0.15, 0.2) is 0 Å². The highest BCUT2D eigenvalue weighted by Crippen LogP contribution is 2.33. The molecule has 3 nitrogen and oxygen atoms in total. The molecule has 0 heterocycles. The van der Waals surface area contributed by atoms with Crippen LogP contribution in [0.1, 0.15) is 58.2 Å². The first-order chi connectivity index (χ1) is 9.35. The summed E-state index contributed by atoms with van der Waals surface area (Å²) < 4.78 is 6.36. The highest BCUT2D eigenvalue weighted by atomic mass is 79.9. The predicted molar refractivity (Wildman–Crippen MR) is 85.9 cm³/mol. The second kappa shape index (κ2) is 7.11. The van der Waals surface area contributed by atoms with Crippen molar-refractivity contribution in [2.75, 3.05) is 0 Å². The third-order valence-electron chi connectivity index (χ3n) is 2.87. The Bertz CT molecular complexity index is 466. The van der Waals surface area contributed by atoms with Gasteiger partial charge in [-0.15, -0.1) is 0 Å². The summed E-state index contributed by atoms with van der Waals surface area (Å²) in [4.78, 5) is 11.7. The molecule has 20 heavy (non-hydrogen) atoms. The smallest absolute Gasteiger partial charge is 0.408 e. The molecule has 1 aliphatic rings. The summed E-state index contributed by atoms with van der Waals surface area (Å²) in [5.74, 6) is 0. The van der Waals surface area contributed by atoms with Crippen LogP contribution in [0.5, 0.6) is 0 Å². The van der Waals surface area contributed by atoms with Crippen molar-refractivity contribution in [2.45, 2.75) is 59.1 Å². The number of amides is 1. The molecule has 0 saturated heterocycles. The van der Waals surface area contributed by atoms with Gasteiger partial charge in [-0.1, -0.05) is 35.8 Å². The number of alkyl carbamates (subject to hydrolysis) is 1. The Balaban J connectivity index is 0.000000956. The summed E-state index contributed by atoms with van der Waals surface area (Å²) in [5, 5.41) is 2.93. The lowest BCUT2D eigenvalue weighted by Crippen LogP contribution is -2.34. The van der Waals surface area contributed by atoms with E-state index in [-0.39, 0.29) is 12.1 Å². The maximum atomic E-state index is 11.7. The standard InChI is InChI=1S/C14H18BrNO2.C2H6/c1-14(2,3)18-13(17)16-12-7-4-9-8-10(15)5-6-11(9)12;1-2/h5-6,8,12H,4,7H2,1-3H3,(H,16,17);1-2H3. The molecule has 1 aromatic rings. The number of benzene rings is 1. The van der Waals surface area contributed by atoms with Gasteiger partial charge in [-0.3, -0.25) is 0 Å². The van der Waals surface area contributed by atoms with Crippen LogP contribution in [0.15, 0.2) is 22.7 Å². The lowest BCUT2D eigenvalue weighted by atomic mass is 10.1. The number of nitrogens with one attached hydrogen (secondary N) is 1. The number of carbonyl (C=O) groups excluding carboxylic acids is 1. The van der Waals surface area contributed by atoms with Crippen LogP contribution in [-0.4, -0.2) is 11.7 Å². The molecule has 1 aromatic carbocycles. The largest absolute Gasteiger partial charge is 0.444 e. The van der Waals surface area contributed by atoms with Crippen molar-refractivity contribution in [3.05, 3.63) is 33.8 Å². The zero-order valence-electron chi connectivity index (χ0n) is 12.9. The van der Waals surface area contributed by atoms with E-state index in [0.29, 0.717) is 0 Å². The Morgan fingerprint density at radius 3 is 2.60 bits per heavy atom. The summed E-state index contributed by atoms with van der Waals surface area (Å²) in [6, 6.07) is 6.26. The van der Waals surface area contributed by atoms with E-state index in [0.717, 1.165) is 17.3 Å². The number of hydrogen-bond acceptors (Lipinski definition) is 2. The predicted octanol–water partition coefficient (Wildman–Crippen LogP) is 4.99. The molecule has 0 saturated carbocycles. The SMILES string of the molecule is CC.CC(C)(C)OC(=O)NC1CCc2cc(Br)ccc21. The van der Waals surface area contributed by atoms with Gasteiger partial charge >= 0.3 is 6.09 Å². The fraction of sp³-hybridized carbons (Fsp3) is 0.562. The van der Waals surface area contributed by atoms with Crippen molar-refractivity contribution in [1.82, 2.24) is 5.32 Å². The average molecular weight is 342 g/mol. The van der Waals surface area contributed by atoms with Gasteiger partial charge in [-0.25, -0.2) is 4.79 Å². The van der Waals surface area contributed by atoms with E-state index in [1.165, 1.54) is 11.1 Å². The van der Waals surface area contributed by atoms with Crippen LogP contribution in [0.2, 0.25) is 0 Å². The van der Waals surface area contributed by atoms with Crippen LogP contribution in [0.4, 0.5) is 4.79 Å². The maximum absolute atomic E-state index is 11.7. The lowest BCUT2D eigenvalue weighted by Gasteiger charge is -2.22. The second-order valence-electron chi connectivity index (χ2n) is 5.58. The second-order valence-corrected chi connectivity index (χ2v) is 6.50. The zero-order valence-corrected chi connectivity index (χ0v) is 14.5. The highest BCUT2D eigenvalue weighted by Gasteiger charge is 2.26. The van der Waals surface area contributed by atoms with Crippen LogP contribution in [0.25, 0.3) is 0 Å². The molecule has 0 bridgehead atoms. The average Bonchev–Trinajstić information content (AvgIpc) is 2.71. The fourth-order valence-corrected chi connectivity index (χ4v) is 2.59. The normalized spacial score (nSPS) is 16.8. The number of hydrogen-bond donors (Lipinski definition) is 1. The molecule has 0 aromatic heterocycles. The number of fused-ring (bicyclic) bond motifs is 1. The van der Waals surface area contributed by atoms with Crippen molar-refractivity contribution in [1.29, 1.82) is 0 Å². The Morgan fingerprint density at radius 1 is 1.35 bits per heavy atom. The van der Waals surface area contributed by atoms with E-state index in [1.807, 2.05) is 40.7 Å². The van der Waals surface area contributed by atoms with Crippen LogP contribution >= 0.6 is 15.9 Å². The molecule has 1 atom stereocenters. The summed E-state index contributed by atoms with van der Waals surface area (Å²) in [7, 11) is 0.